The Bertz CT molecular complexity index is 448. The Morgan fingerprint density at radius 1 is 1.05 bits per heavy atom. The van der Waals surface area contributed by atoms with Gasteiger partial charge in [0.05, 0.1) is 0 Å². The maximum Gasteiger partial charge on any atom is 0.128 e. The van der Waals surface area contributed by atoms with Gasteiger partial charge < -0.3 is 20.0 Å². The second-order valence-electron chi connectivity index (χ2n) is 6.72. The van der Waals surface area contributed by atoms with Gasteiger partial charge in [0.15, 0.2) is 0 Å². The lowest BCUT2D eigenvalue weighted by Crippen LogP contribution is -2.40. The maximum absolute atomic E-state index is 9.71. The van der Waals surface area contributed by atoms with Crippen molar-refractivity contribution < 1.29 is 10.2 Å². The monoisotopic (exact) mass is 305 g/mol. The first-order chi connectivity index (χ1) is 10.8. The lowest BCUT2D eigenvalue weighted by molar-refractivity contribution is 0.106. The zero-order valence-electron chi connectivity index (χ0n) is 13.1. The molecule has 0 unspecified atom stereocenters. The molecule has 5 heteroatoms. The SMILES string of the molecule is OCC1CCN(C[C@H]2CN(c3ccccn3)C[C@H]2CO)CC1. The van der Waals surface area contributed by atoms with Crippen LogP contribution >= 0.6 is 0 Å². The summed E-state index contributed by atoms with van der Waals surface area (Å²) in [6, 6.07) is 6.00. The molecule has 2 N–H and O–H groups in total. The van der Waals surface area contributed by atoms with Crippen molar-refractivity contribution in [2.75, 3.05) is 50.8 Å². The number of aliphatic hydroxyl groups is 2. The van der Waals surface area contributed by atoms with Gasteiger partial charge in [-0.15, -0.1) is 0 Å². The van der Waals surface area contributed by atoms with Crippen molar-refractivity contribution in [3.8, 4) is 0 Å². The molecule has 0 bridgehead atoms. The largest absolute Gasteiger partial charge is 0.396 e. The van der Waals surface area contributed by atoms with Gasteiger partial charge in [0, 0.05) is 45.0 Å². The molecule has 2 atom stereocenters. The molecular formula is C17H27N3O2. The van der Waals surface area contributed by atoms with Crippen LogP contribution in [0.2, 0.25) is 0 Å². The molecule has 2 aliphatic heterocycles. The van der Waals surface area contributed by atoms with E-state index >= 15 is 0 Å². The Morgan fingerprint density at radius 2 is 1.82 bits per heavy atom. The fourth-order valence-corrected chi connectivity index (χ4v) is 3.76. The lowest BCUT2D eigenvalue weighted by atomic mass is 9.93. The molecule has 2 aliphatic rings. The molecule has 3 heterocycles. The number of nitrogens with zero attached hydrogens (tertiary/aromatic N) is 3. The van der Waals surface area contributed by atoms with Crippen molar-refractivity contribution in [3.63, 3.8) is 0 Å². The molecule has 0 aliphatic carbocycles. The topological polar surface area (TPSA) is 59.8 Å². The summed E-state index contributed by atoms with van der Waals surface area (Å²) in [7, 11) is 0. The highest BCUT2D eigenvalue weighted by Crippen LogP contribution is 2.28. The second-order valence-corrected chi connectivity index (χ2v) is 6.72. The predicted molar refractivity (Wildman–Crippen MR) is 86.8 cm³/mol. The third kappa shape index (κ3) is 3.59. The molecule has 0 radical (unpaired) electrons. The molecule has 22 heavy (non-hydrogen) atoms. The number of pyridine rings is 1. The Hall–Kier alpha value is -1.17. The van der Waals surface area contributed by atoms with Gasteiger partial charge in [-0.05, 0) is 49.9 Å². The molecule has 1 aromatic rings. The summed E-state index contributed by atoms with van der Waals surface area (Å²) in [6.07, 6.45) is 4.02. The number of rotatable bonds is 5. The number of likely N-dealkylation sites (tertiary alicyclic amines) is 1. The van der Waals surface area contributed by atoms with Gasteiger partial charge in [-0.2, -0.15) is 0 Å². The Morgan fingerprint density at radius 3 is 2.45 bits per heavy atom. The van der Waals surface area contributed by atoms with E-state index < -0.39 is 0 Å². The van der Waals surface area contributed by atoms with Crippen LogP contribution in [0.1, 0.15) is 12.8 Å². The standard InChI is InChI=1S/C17H27N3O2/c21-12-14-4-7-19(8-5-14)9-15-10-20(11-16(15)13-22)17-3-1-2-6-18-17/h1-3,6,14-16,21-22H,4-5,7-13H2/t15-,16-/m0/s1. The van der Waals surface area contributed by atoms with Gasteiger partial charge >= 0.3 is 0 Å². The molecule has 122 valence electrons. The van der Waals surface area contributed by atoms with Crippen molar-refractivity contribution in [2.24, 2.45) is 17.8 Å². The van der Waals surface area contributed by atoms with Gasteiger partial charge in [0.25, 0.3) is 0 Å². The highest BCUT2D eigenvalue weighted by atomic mass is 16.3. The minimum Gasteiger partial charge on any atom is -0.396 e. The van der Waals surface area contributed by atoms with E-state index in [1.165, 1.54) is 0 Å². The smallest absolute Gasteiger partial charge is 0.128 e. The van der Waals surface area contributed by atoms with E-state index in [-0.39, 0.29) is 6.61 Å². The highest BCUT2D eigenvalue weighted by Gasteiger charge is 2.34. The van der Waals surface area contributed by atoms with Crippen LogP contribution in [0.4, 0.5) is 5.82 Å². The van der Waals surface area contributed by atoms with E-state index in [0.29, 0.717) is 24.4 Å². The summed E-state index contributed by atoms with van der Waals surface area (Å²) in [6.45, 7) is 5.64. The second kappa shape index (κ2) is 7.40. The third-order valence-corrected chi connectivity index (χ3v) is 5.24. The first-order valence-corrected chi connectivity index (χ1v) is 8.40. The van der Waals surface area contributed by atoms with Crippen molar-refractivity contribution in [1.29, 1.82) is 0 Å². The number of piperidine rings is 1. The van der Waals surface area contributed by atoms with Crippen LogP contribution in [0.25, 0.3) is 0 Å². The van der Waals surface area contributed by atoms with E-state index in [0.717, 1.165) is 51.4 Å². The van der Waals surface area contributed by atoms with Gasteiger partial charge in [0.1, 0.15) is 5.82 Å². The number of aromatic nitrogens is 1. The van der Waals surface area contributed by atoms with E-state index in [4.69, 9.17) is 0 Å². The summed E-state index contributed by atoms with van der Waals surface area (Å²) < 4.78 is 0. The molecule has 0 amide bonds. The van der Waals surface area contributed by atoms with Crippen LogP contribution in [0.3, 0.4) is 0 Å². The molecule has 0 saturated carbocycles. The lowest BCUT2D eigenvalue weighted by Gasteiger charge is -2.33. The molecule has 3 rings (SSSR count). The minimum atomic E-state index is 0.251. The van der Waals surface area contributed by atoms with Gasteiger partial charge in [-0.25, -0.2) is 4.98 Å². The molecule has 1 aromatic heterocycles. The van der Waals surface area contributed by atoms with Crippen molar-refractivity contribution in [1.82, 2.24) is 9.88 Å². The highest BCUT2D eigenvalue weighted by molar-refractivity contribution is 5.39. The molecule has 0 spiro atoms. The van der Waals surface area contributed by atoms with E-state index in [2.05, 4.69) is 14.8 Å². The molecular weight excluding hydrogens is 278 g/mol. The first kappa shape index (κ1) is 15.7. The fraction of sp³-hybridized carbons (Fsp3) is 0.706. The van der Waals surface area contributed by atoms with Crippen LogP contribution in [0.5, 0.6) is 0 Å². The molecule has 2 saturated heterocycles. The van der Waals surface area contributed by atoms with Crippen molar-refractivity contribution >= 4 is 5.82 Å². The fourth-order valence-electron chi connectivity index (χ4n) is 3.76. The van der Waals surface area contributed by atoms with Crippen molar-refractivity contribution in [3.05, 3.63) is 24.4 Å². The average Bonchev–Trinajstić information content (AvgIpc) is 2.99. The van der Waals surface area contributed by atoms with Gasteiger partial charge in [-0.1, -0.05) is 6.07 Å². The zero-order chi connectivity index (χ0) is 15.4. The van der Waals surface area contributed by atoms with Gasteiger partial charge in [-0.3, -0.25) is 0 Å². The van der Waals surface area contributed by atoms with Crippen LogP contribution in [-0.2, 0) is 0 Å². The minimum absolute atomic E-state index is 0.251. The Kier molecular flexibility index (Phi) is 5.28. The first-order valence-electron chi connectivity index (χ1n) is 8.40. The van der Waals surface area contributed by atoms with E-state index in [1.54, 1.807) is 0 Å². The molecule has 2 fully saturated rings. The third-order valence-electron chi connectivity index (χ3n) is 5.24. The quantitative estimate of drug-likeness (QED) is 0.844. The van der Waals surface area contributed by atoms with Gasteiger partial charge in [0.2, 0.25) is 0 Å². The number of aliphatic hydroxyl groups excluding tert-OH is 2. The number of hydrogen-bond donors (Lipinski definition) is 2. The summed E-state index contributed by atoms with van der Waals surface area (Å²) in [5.41, 5.74) is 0. The van der Waals surface area contributed by atoms with Crippen LogP contribution < -0.4 is 4.90 Å². The summed E-state index contributed by atoms with van der Waals surface area (Å²) in [5, 5.41) is 18.9. The number of anilines is 1. The normalized spacial score (nSPS) is 27.5. The van der Waals surface area contributed by atoms with E-state index in [9.17, 15) is 10.2 Å². The zero-order valence-corrected chi connectivity index (χ0v) is 13.1. The number of hydrogen-bond acceptors (Lipinski definition) is 5. The molecule has 5 nitrogen and oxygen atoms in total. The van der Waals surface area contributed by atoms with Crippen LogP contribution in [0, 0.1) is 17.8 Å². The van der Waals surface area contributed by atoms with Crippen LogP contribution in [-0.4, -0.2) is 66.0 Å². The van der Waals surface area contributed by atoms with E-state index in [1.807, 2.05) is 24.4 Å². The average molecular weight is 305 g/mol. The predicted octanol–water partition coefficient (Wildman–Crippen LogP) is 0.831. The van der Waals surface area contributed by atoms with Crippen molar-refractivity contribution in [2.45, 2.75) is 12.8 Å². The molecule has 0 aromatic carbocycles. The summed E-state index contributed by atoms with van der Waals surface area (Å²) in [4.78, 5) is 9.23. The Balaban J connectivity index is 1.57. The van der Waals surface area contributed by atoms with Crippen LogP contribution in [0.15, 0.2) is 24.4 Å². The summed E-state index contributed by atoms with van der Waals surface area (Å²) >= 11 is 0. The summed E-state index contributed by atoms with van der Waals surface area (Å²) in [5.74, 6) is 2.33. The Labute approximate surface area is 132 Å². The maximum atomic E-state index is 9.71.